The molecule has 1 fully saturated rings. The van der Waals surface area contributed by atoms with Crippen LogP contribution in [0.2, 0.25) is 0 Å². The highest BCUT2D eigenvalue weighted by atomic mass is 16.1. The summed E-state index contributed by atoms with van der Waals surface area (Å²) in [6.07, 6.45) is 8.28. The molecule has 1 amide bonds. The molecule has 1 saturated carbocycles. The van der Waals surface area contributed by atoms with Crippen LogP contribution in [-0.2, 0) is 4.79 Å². The molecular weight excluding hydrogens is 388 g/mol. The summed E-state index contributed by atoms with van der Waals surface area (Å²) in [7, 11) is 0. The van der Waals surface area contributed by atoms with Crippen molar-refractivity contribution in [2.24, 2.45) is 5.92 Å². The van der Waals surface area contributed by atoms with Crippen LogP contribution in [0.5, 0.6) is 0 Å². The van der Waals surface area contributed by atoms with Crippen molar-refractivity contribution in [3.8, 4) is 22.6 Å². The lowest BCUT2D eigenvalue weighted by Gasteiger charge is -2.24. The first-order valence-corrected chi connectivity index (χ1v) is 10.4. The van der Waals surface area contributed by atoms with Gasteiger partial charge in [0.1, 0.15) is 5.69 Å². The quantitative estimate of drug-likeness (QED) is 0.393. The second kappa shape index (κ2) is 7.05. The zero-order chi connectivity index (χ0) is 20.8. The van der Waals surface area contributed by atoms with Crippen LogP contribution in [0.15, 0.2) is 61.1 Å². The highest BCUT2D eigenvalue weighted by Gasteiger charge is 2.25. The van der Waals surface area contributed by atoms with Gasteiger partial charge in [-0.25, -0.2) is 0 Å². The molecule has 0 saturated heterocycles. The van der Waals surface area contributed by atoms with Gasteiger partial charge in [0, 0.05) is 34.0 Å². The number of aromatic nitrogens is 5. The number of hydrogen-bond donors (Lipinski definition) is 3. The average molecular weight is 408 g/mol. The molecule has 7 nitrogen and oxygen atoms in total. The first-order valence-electron chi connectivity index (χ1n) is 10.4. The van der Waals surface area contributed by atoms with Gasteiger partial charge in [0.05, 0.1) is 35.0 Å². The van der Waals surface area contributed by atoms with Crippen LogP contribution in [0.1, 0.15) is 19.3 Å². The van der Waals surface area contributed by atoms with E-state index in [4.69, 9.17) is 0 Å². The normalized spacial score (nSPS) is 14.1. The van der Waals surface area contributed by atoms with Crippen molar-refractivity contribution >= 4 is 33.4 Å². The van der Waals surface area contributed by atoms with Crippen LogP contribution in [0.25, 0.3) is 44.5 Å². The van der Waals surface area contributed by atoms with E-state index in [1.165, 1.54) is 0 Å². The van der Waals surface area contributed by atoms with Gasteiger partial charge >= 0.3 is 0 Å². The summed E-state index contributed by atoms with van der Waals surface area (Å²) in [5.74, 6) is 0.201. The van der Waals surface area contributed by atoms with E-state index in [0.29, 0.717) is 5.69 Å². The average Bonchev–Trinajstić information content (AvgIpc) is 3.36. The van der Waals surface area contributed by atoms with E-state index >= 15 is 0 Å². The van der Waals surface area contributed by atoms with Crippen molar-refractivity contribution in [1.29, 1.82) is 0 Å². The Kier molecular flexibility index (Phi) is 4.06. The van der Waals surface area contributed by atoms with Crippen LogP contribution < -0.4 is 5.32 Å². The molecule has 1 aromatic carbocycles. The molecule has 0 spiro atoms. The maximum Gasteiger partial charge on any atom is 0.227 e. The minimum atomic E-state index is 0.0737. The molecule has 1 aliphatic carbocycles. The molecule has 0 radical (unpaired) electrons. The number of carbonyl (C=O) groups is 1. The fraction of sp³-hybridized carbons (Fsp3) is 0.167. The third-order valence-corrected chi connectivity index (χ3v) is 6.01. The fourth-order valence-corrected chi connectivity index (χ4v) is 4.04. The first-order chi connectivity index (χ1) is 15.2. The monoisotopic (exact) mass is 408 g/mol. The molecule has 5 aromatic rings. The van der Waals surface area contributed by atoms with Gasteiger partial charge in [-0.05, 0) is 37.1 Å². The minimum absolute atomic E-state index is 0.0737. The van der Waals surface area contributed by atoms with E-state index in [1.807, 2.05) is 24.3 Å². The predicted octanol–water partition coefficient (Wildman–Crippen LogP) is 4.91. The highest BCUT2D eigenvalue weighted by molar-refractivity contribution is 5.97. The molecule has 152 valence electrons. The number of amides is 1. The Morgan fingerprint density at radius 3 is 2.77 bits per heavy atom. The Bertz CT molecular complexity index is 1400. The number of carbonyl (C=O) groups excluding carboxylic acids is 1. The van der Waals surface area contributed by atoms with Crippen molar-refractivity contribution in [3.05, 3.63) is 61.1 Å². The van der Waals surface area contributed by atoms with Crippen molar-refractivity contribution in [3.63, 3.8) is 0 Å². The first kappa shape index (κ1) is 17.8. The molecule has 7 heteroatoms. The number of para-hydroxylation sites is 1. The number of fused-ring (bicyclic) bond motifs is 2. The number of nitrogens with zero attached hydrogens (tertiary/aromatic N) is 3. The van der Waals surface area contributed by atoms with Gasteiger partial charge < -0.3 is 10.3 Å². The zero-order valence-electron chi connectivity index (χ0n) is 16.7. The molecule has 1 aliphatic rings. The van der Waals surface area contributed by atoms with Crippen molar-refractivity contribution in [1.82, 2.24) is 25.1 Å². The smallest absolute Gasteiger partial charge is 0.227 e. The molecule has 0 aliphatic heterocycles. The molecule has 6 rings (SSSR count). The Morgan fingerprint density at radius 2 is 1.94 bits per heavy atom. The summed E-state index contributed by atoms with van der Waals surface area (Å²) in [4.78, 5) is 24.6. The third kappa shape index (κ3) is 3.15. The molecule has 3 N–H and O–H groups in total. The lowest BCUT2D eigenvalue weighted by Crippen LogP contribution is -2.28. The summed E-state index contributed by atoms with van der Waals surface area (Å²) in [6.45, 7) is 0. The van der Waals surface area contributed by atoms with Crippen LogP contribution >= 0.6 is 0 Å². The number of hydrogen-bond acceptors (Lipinski definition) is 4. The minimum Gasteiger partial charge on any atom is -0.353 e. The summed E-state index contributed by atoms with van der Waals surface area (Å²) in [5, 5.41) is 12.7. The number of H-pyrrole nitrogens is 2. The molecule has 4 aromatic heterocycles. The van der Waals surface area contributed by atoms with Crippen molar-refractivity contribution in [2.45, 2.75) is 19.3 Å². The molecule has 31 heavy (non-hydrogen) atoms. The maximum atomic E-state index is 12.3. The van der Waals surface area contributed by atoms with Crippen molar-refractivity contribution in [2.75, 3.05) is 5.32 Å². The van der Waals surface area contributed by atoms with E-state index in [0.717, 1.165) is 63.7 Å². The Hall–Kier alpha value is -4.00. The lowest BCUT2D eigenvalue weighted by molar-refractivity contribution is -0.122. The number of anilines is 1. The van der Waals surface area contributed by atoms with Gasteiger partial charge in [-0.15, -0.1) is 0 Å². The highest BCUT2D eigenvalue weighted by Crippen LogP contribution is 2.31. The Labute approximate surface area is 177 Å². The predicted molar refractivity (Wildman–Crippen MR) is 120 cm³/mol. The number of rotatable bonds is 4. The molecule has 0 unspecified atom stereocenters. The van der Waals surface area contributed by atoms with Crippen LogP contribution in [-0.4, -0.2) is 31.1 Å². The number of nitrogens with one attached hydrogen (secondary N) is 3. The molecule has 0 atom stereocenters. The van der Waals surface area contributed by atoms with Gasteiger partial charge in [-0.3, -0.25) is 19.9 Å². The Morgan fingerprint density at radius 1 is 1.03 bits per heavy atom. The van der Waals surface area contributed by atoms with Gasteiger partial charge in [0.25, 0.3) is 0 Å². The van der Waals surface area contributed by atoms with E-state index in [-0.39, 0.29) is 11.8 Å². The lowest BCUT2D eigenvalue weighted by atomic mass is 9.85. The van der Waals surface area contributed by atoms with E-state index < -0.39 is 0 Å². The SMILES string of the molecule is O=C(Nc1cncc(-c2cc3c(-c4cc5ccccc5[nH]4)n[nH]c3cn2)c1)C1CCC1. The van der Waals surface area contributed by atoms with E-state index in [2.05, 4.69) is 48.7 Å². The largest absolute Gasteiger partial charge is 0.353 e. The summed E-state index contributed by atoms with van der Waals surface area (Å²) >= 11 is 0. The van der Waals surface area contributed by atoms with Crippen molar-refractivity contribution < 1.29 is 4.79 Å². The summed E-state index contributed by atoms with van der Waals surface area (Å²) in [6, 6.07) is 14.2. The number of aromatic amines is 2. The molecular formula is C24H20N6O. The zero-order valence-corrected chi connectivity index (χ0v) is 16.7. The van der Waals surface area contributed by atoms with Gasteiger partial charge in [0.15, 0.2) is 0 Å². The van der Waals surface area contributed by atoms with Crippen LogP contribution in [0, 0.1) is 5.92 Å². The standard InChI is InChI=1S/C24H20N6O/c31-24(14-5-3-6-14)27-17-8-16(11-25-12-17)20-10-18-22(13-26-20)29-30-23(18)21-9-15-4-1-2-7-19(15)28-21/h1-2,4,7-14,28H,3,5-6H2,(H,27,31)(H,29,30). The second-order valence-electron chi connectivity index (χ2n) is 8.04. The van der Waals surface area contributed by atoms with Gasteiger partial charge in [-0.1, -0.05) is 24.6 Å². The van der Waals surface area contributed by atoms with Gasteiger partial charge in [0.2, 0.25) is 5.91 Å². The van der Waals surface area contributed by atoms with Crippen LogP contribution in [0.4, 0.5) is 5.69 Å². The topological polar surface area (TPSA) is 99.4 Å². The Balaban J connectivity index is 1.37. The summed E-state index contributed by atoms with van der Waals surface area (Å²) < 4.78 is 0. The second-order valence-corrected chi connectivity index (χ2v) is 8.04. The van der Waals surface area contributed by atoms with E-state index in [9.17, 15) is 4.79 Å². The fourth-order valence-electron chi connectivity index (χ4n) is 4.04. The molecule has 4 heterocycles. The number of pyridine rings is 2. The summed E-state index contributed by atoms with van der Waals surface area (Å²) in [5.41, 5.74) is 6.04. The van der Waals surface area contributed by atoms with Gasteiger partial charge in [-0.2, -0.15) is 5.10 Å². The third-order valence-electron chi connectivity index (χ3n) is 6.01. The maximum absolute atomic E-state index is 12.3. The van der Waals surface area contributed by atoms with Crippen LogP contribution in [0.3, 0.4) is 0 Å². The number of benzene rings is 1. The molecule has 0 bridgehead atoms. The van der Waals surface area contributed by atoms with E-state index in [1.54, 1.807) is 18.6 Å².